The van der Waals surface area contributed by atoms with Crippen molar-refractivity contribution in [3.8, 4) is 11.5 Å². The third-order valence-corrected chi connectivity index (χ3v) is 3.32. The van der Waals surface area contributed by atoms with E-state index < -0.39 is 0 Å². The second kappa shape index (κ2) is 8.04. The number of aryl methyl sites for hydroxylation is 1. The first kappa shape index (κ1) is 15.8. The van der Waals surface area contributed by atoms with Crippen LogP contribution in [0.4, 0.5) is 0 Å². The van der Waals surface area contributed by atoms with Gasteiger partial charge in [0.25, 0.3) is 0 Å². The summed E-state index contributed by atoms with van der Waals surface area (Å²) in [6, 6.07) is 3.90. The Morgan fingerprint density at radius 3 is 2.68 bits per heavy atom. The van der Waals surface area contributed by atoms with Gasteiger partial charge >= 0.3 is 0 Å². The van der Waals surface area contributed by atoms with Gasteiger partial charge in [-0.2, -0.15) is 0 Å². The Morgan fingerprint density at radius 2 is 2.11 bits per heavy atom. The zero-order valence-electron chi connectivity index (χ0n) is 11.6. The molecule has 19 heavy (non-hydrogen) atoms. The lowest BCUT2D eigenvalue weighted by Crippen LogP contribution is -2.25. The highest BCUT2D eigenvalue weighted by Gasteiger charge is 2.09. The molecule has 0 saturated heterocycles. The van der Waals surface area contributed by atoms with Crippen LogP contribution in [-0.4, -0.2) is 26.2 Å². The number of rotatable bonds is 7. The molecule has 0 saturated carbocycles. The van der Waals surface area contributed by atoms with Crippen LogP contribution in [0.25, 0.3) is 0 Å². The second-order valence-corrected chi connectivity index (χ2v) is 5.03. The van der Waals surface area contributed by atoms with Gasteiger partial charge in [-0.05, 0) is 24.1 Å². The Bertz CT molecular complexity index is 435. The molecule has 1 aromatic rings. The first-order valence-corrected chi connectivity index (χ1v) is 7.11. The van der Waals surface area contributed by atoms with Gasteiger partial charge in [-0.15, -0.1) is 0 Å². The van der Waals surface area contributed by atoms with Crippen molar-refractivity contribution < 1.29 is 14.3 Å². The van der Waals surface area contributed by atoms with Crippen LogP contribution in [0.3, 0.4) is 0 Å². The largest absolute Gasteiger partial charge is 0.493 e. The molecule has 0 radical (unpaired) electrons. The van der Waals surface area contributed by atoms with E-state index in [0.717, 1.165) is 23.1 Å². The van der Waals surface area contributed by atoms with E-state index in [1.165, 1.54) is 12.5 Å². The first-order valence-electron chi connectivity index (χ1n) is 6.32. The molecular formula is C14H20BrNO3. The van der Waals surface area contributed by atoms with Crippen LogP contribution in [0.2, 0.25) is 0 Å². The van der Waals surface area contributed by atoms with Gasteiger partial charge in [0.1, 0.15) is 6.61 Å². The number of ether oxygens (including phenoxy) is 2. The molecule has 4 nitrogen and oxygen atoms in total. The summed E-state index contributed by atoms with van der Waals surface area (Å²) in [4.78, 5) is 10.8. The van der Waals surface area contributed by atoms with Gasteiger partial charge in [-0.1, -0.05) is 29.3 Å². The van der Waals surface area contributed by atoms with E-state index in [2.05, 4.69) is 28.2 Å². The minimum absolute atomic E-state index is 0.0601. The zero-order chi connectivity index (χ0) is 14.3. The van der Waals surface area contributed by atoms with E-state index in [9.17, 15) is 4.79 Å². The number of hydrogen-bond acceptors (Lipinski definition) is 3. The fourth-order valence-corrected chi connectivity index (χ4v) is 2.22. The molecule has 1 amide bonds. The Kier molecular flexibility index (Phi) is 6.70. The number of hydrogen-bond donors (Lipinski definition) is 1. The number of carbonyl (C=O) groups excluding carboxylic acids is 1. The monoisotopic (exact) mass is 329 g/mol. The van der Waals surface area contributed by atoms with E-state index in [-0.39, 0.29) is 5.91 Å². The van der Waals surface area contributed by atoms with Crippen molar-refractivity contribution in [3.63, 3.8) is 0 Å². The second-order valence-electron chi connectivity index (χ2n) is 4.18. The number of methoxy groups -OCH3 is 1. The molecule has 5 heteroatoms. The normalized spacial score (nSPS) is 10.1. The van der Waals surface area contributed by atoms with Crippen molar-refractivity contribution in [3.05, 3.63) is 22.2 Å². The van der Waals surface area contributed by atoms with Crippen LogP contribution >= 0.6 is 15.9 Å². The van der Waals surface area contributed by atoms with Gasteiger partial charge < -0.3 is 14.8 Å². The van der Waals surface area contributed by atoms with E-state index in [0.29, 0.717) is 18.9 Å². The lowest BCUT2D eigenvalue weighted by atomic mass is 10.1. The molecule has 106 valence electrons. The average molecular weight is 330 g/mol. The molecule has 0 aliphatic heterocycles. The fraction of sp³-hybridized carbons (Fsp3) is 0.500. The summed E-state index contributed by atoms with van der Waals surface area (Å²) in [5, 5.41) is 2.68. The smallest absolute Gasteiger partial charge is 0.216 e. The number of halogens is 1. The predicted molar refractivity (Wildman–Crippen MR) is 78.9 cm³/mol. The minimum Gasteiger partial charge on any atom is -0.493 e. The average Bonchev–Trinajstić information content (AvgIpc) is 2.37. The summed E-state index contributed by atoms with van der Waals surface area (Å²) in [6.45, 7) is 4.51. The quantitative estimate of drug-likeness (QED) is 0.782. The highest BCUT2D eigenvalue weighted by molar-refractivity contribution is 9.10. The van der Waals surface area contributed by atoms with Crippen LogP contribution in [0.5, 0.6) is 11.5 Å². The topological polar surface area (TPSA) is 47.6 Å². The van der Waals surface area contributed by atoms with E-state index in [4.69, 9.17) is 9.47 Å². The van der Waals surface area contributed by atoms with Gasteiger partial charge in [0.05, 0.1) is 13.7 Å². The maximum Gasteiger partial charge on any atom is 0.216 e. The highest BCUT2D eigenvalue weighted by atomic mass is 79.9. The zero-order valence-corrected chi connectivity index (χ0v) is 13.2. The molecule has 1 N–H and O–H groups in total. The van der Waals surface area contributed by atoms with Crippen molar-refractivity contribution in [2.45, 2.75) is 26.7 Å². The lowest BCUT2D eigenvalue weighted by Gasteiger charge is -2.13. The maximum absolute atomic E-state index is 10.8. The molecule has 0 heterocycles. The number of benzene rings is 1. The molecule has 0 unspecified atom stereocenters. The standard InChI is InChI=1S/C14H20BrNO3/c1-4-5-11-8-13(18-3)14(9-12(11)15)19-7-6-16-10(2)17/h8-9H,4-7H2,1-3H3,(H,16,17). The predicted octanol–water partition coefficient (Wildman–Crippen LogP) is 2.93. The molecule has 1 rings (SSSR count). The van der Waals surface area contributed by atoms with Crippen molar-refractivity contribution in [2.75, 3.05) is 20.3 Å². The lowest BCUT2D eigenvalue weighted by molar-refractivity contribution is -0.119. The molecule has 0 aromatic heterocycles. The Morgan fingerprint density at radius 1 is 1.37 bits per heavy atom. The van der Waals surface area contributed by atoms with Crippen LogP contribution in [-0.2, 0) is 11.2 Å². The number of amides is 1. The van der Waals surface area contributed by atoms with Crippen molar-refractivity contribution in [1.29, 1.82) is 0 Å². The summed E-state index contributed by atoms with van der Waals surface area (Å²) in [5.41, 5.74) is 1.20. The van der Waals surface area contributed by atoms with Crippen LogP contribution in [0, 0.1) is 0 Å². The van der Waals surface area contributed by atoms with Gasteiger partial charge in [0, 0.05) is 11.4 Å². The van der Waals surface area contributed by atoms with E-state index >= 15 is 0 Å². The maximum atomic E-state index is 10.8. The summed E-state index contributed by atoms with van der Waals surface area (Å²) in [5.74, 6) is 1.34. The van der Waals surface area contributed by atoms with Gasteiger partial charge in [0.2, 0.25) is 5.91 Å². The number of nitrogens with one attached hydrogen (secondary N) is 1. The van der Waals surface area contributed by atoms with Crippen molar-refractivity contribution in [2.24, 2.45) is 0 Å². The molecule has 0 aliphatic carbocycles. The Balaban J connectivity index is 2.71. The molecule has 0 fully saturated rings. The molecule has 0 bridgehead atoms. The molecular weight excluding hydrogens is 310 g/mol. The van der Waals surface area contributed by atoms with E-state index in [1.807, 2.05) is 12.1 Å². The van der Waals surface area contributed by atoms with Crippen molar-refractivity contribution >= 4 is 21.8 Å². The first-order chi connectivity index (χ1) is 9.08. The van der Waals surface area contributed by atoms with Crippen LogP contribution < -0.4 is 14.8 Å². The minimum atomic E-state index is -0.0601. The van der Waals surface area contributed by atoms with Gasteiger partial charge in [0.15, 0.2) is 11.5 Å². The third-order valence-electron chi connectivity index (χ3n) is 2.59. The number of carbonyl (C=O) groups is 1. The van der Waals surface area contributed by atoms with Gasteiger partial charge in [-0.25, -0.2) is 0 Å². The van der Waals surface area contributed by atoms with Crippen LogP contribution in [0.15, 0.2) is 16.6 Å². The SMILES string of the molecule is CCCc1cc(OC)c(OCCNC(C)=O)cc1Br. The molecule has 0 aliphatic rings. The van der Waals surface area contributed by atoms with E-state index in [1.54, 1.807) is 7.11 Å². The molecule has 1 aromatic carbocycles. The molecule has 0 atom stereocenters. The van der Waals surface area contributed by atoms with Crippen molar-refractivity contribution in [1.82, 2.24) is 5.32 Å². The fourth-order valence-electron chi connectivity index (χ4n) is 1.70. The Labute approximate surface area is 122 Å². The van der Waals surface area contributed by atoms with Gasteiger partial charge in [-0.3, -0.25) is 4.79 Å². The molecule has 0 spiro atoms. The summed E-state index contributed by atoms with van der Waals surface area (Å²) < 4.78 is 12.0. The summed E-state index contributed by atoms with van der Waals surface area (Å²) in [6.07, 6.45) is 2.06. The third kappa shape index (κ3) is 5.11. The Hall–Kier alpha value is -1.23. The van der Waals surface area contributed by atoms with Crippen LogP contribution in [0.1, 0.15) is 25.8 Å². The summed E-state index contributed by atoms with van der Waals surface area (Å²) in [7, 11) is 1.62. The highest BCUT2D eigenvalue weighted by Crippen LogP contribution is 2.34. The summed E-state index contributed by atoms with van der Waals surface area (Å²) >= 11 is 3.54.